The van der Waals surface area contributed by atoms with Crippen LogP contribution in [0.15, 0.2) is 0 Å². The lowest BCUT2D eigenvalue weighted by molar-refractivity contribution is -0.0371. The van der Waals surface area contributed by atoms with Crippen molar-refractivity contribution in [2.24, 2.45) is 11.7 Å². The zero-order valence-electron chi connectivity index (χ0n) is 9.00. The van der Waals surface area contributed by atoms with E-state index in [0.29, 0.717) is 6.61 Å². The average molecular weight is 187 g/mol. The van der Waals surface area contributed by atoms with E-state index in [1.165, 1.54) is 0 Å². The van der Waals surface area contributed by atoms with Crippen molar-refractivity contribution >= 4 is 0 Å². The molecule has 3 N–H and O–H groups in total. The first kappa shape index (κ1) is 11.0. The number of aliphatic hydroxyl groups excluding tert-OH is 1. The minimum absolute atomic E-state index is 0.0602. The van der Waals surface area contributed by atoms with Gasteiger partial charge >= 0.3 is 0 Å². The van der Waals surface area contributed by atoms with Crippen LogP contribution in [0.1, 0.15) is 34.1 Å². The topological polar surface area (TPSA) is 55.5 Å². The smallest absolute Gasteiger partial charge is 0.0809 e. The van der Waals surface area contributed by atoms with Crippen molar-refractivity contribution in [2.45, 2.75) is 51.4 Å². The Balaban J connectivity index is 2.86. The molecule has 1 aliphatic rings. The van der Waals surface area contributed by atoms with E-state index in [1.807, 2.05) is 20.8 Å². The molecule has 0 bridgehead atoms. The lowest BCUT2D eigenvalue weighted by atomic mass is 9.71. The van der Waals surface area contributed by atoms with Crippen molar-refractivity contribution in [2.75, 3.05) is 6.61 Å². The summed E-state index contributed by atoms with van der Waals surface area (Å²) in [5.74, 6) is 0.0602. The first-order chi connectivity index (χ1) is 5.81. The van der Waals surface area contributed by atoms with Gasteiger partial charge in [0.2, 0.25) is 0 Å². The molecular formula is C10H21NO2. The lowest BCUT2D eigenvalue weighted by Gasteiger charge is -2.42. The van der Waals surface area contributed by atoms with Gasteiger partial charge in [0.1, 0.15) is 0 Å². The van der Waals surface area contributed by atoms with Crippen LogP contribution >= 0.6 is 0 Å². The van der Waals surface area contributed by atoms with E-state index in [-0.39, 0.29) is 17.6 Å². The van der Waals surface area contributed by atoms with Gasteiger partial charge in [0, 0.05) is 12.5 Å². The van der Waals surface area contributed by atoms with Crippen LogP contribution in [-0.4, -0.2) is 29.0 Å². The van der Waals surface area contributed by atoms with E-state index in [4.69, 9.17) is 10.5 Å². The van der Waals surface area contributed by atoms with Gasteiger partial charge in [-0.15, -0.1) is 0 Å². The zero-order chi connectivity index (χ0) is 10.3. The van der Waals surface area contributed by atoms with Crippen LogP contribution in [0.5, 0.6) is 0 Å². The minimum atomic E-state index is -0.402. The van der Waals surface area contributed by atoms with Gasteiger partial charge in [-0.25, -0.2) is 0 Å². The molecule has 0 aromatic heterocycles. The van der Waals surface area contributed by atoms with Crippen LogP contribution in [-0.2, 0) is 4.74 Å². The van der Waals surface area contributed by atoms with Gasteiger partial charge in [0.25, 0.3) is 0 Å². The van der Waals surface area contributed by atoms with E-state index in [2.05, 4.69) is 0 Å². The van der Waals surface area contributed by atoms with Crippen molar-refractivity contribution in [3.05, 3.63) is 0 Å². The molecule has 1 rings (SSSR count). The fourth-order valence-corrected chi connectivity index (χ4v) is 2.12. The van der Waals surface area contributed by atoms with E-state index >= 15 is 0 Å². The maximum Gasteiger partial charge on any atom is 0.0809 e. The highest BCUT2D eigenvalue weighted by atomic mass is 16.5. The summed E-state index contributed by atoms with van der Waals surface area (Å²) in [6.07, 6.45) is 0.442. The molecular weight excluding hydrogens is 166 g/mol. The molecule has 1 heterocycles. The second kappa shape index (κ2) is 3.23. The van der Waals surface area contributed by atoms with Gasteiger partial charge in [0.05, 0.1) is 17.2 Å². The highest BCUT2D eigenvalue weighted by molar-refractivity contribution is 5.07. The third kappa shape index (κ3) is 1.60. The molecule has 13 heavy (non-hydrogen) atoms. The number of nitrogens with two attached hydrogens (primary N) is 1. The summed E-state index contributed by atoms with van der Waals surface area (Å²) in [5.41, 5.74) is 5.56. The Morgan fingerprint density at radius 3 is 2.23 bits per heavy atom. The van der Waals surface area contributed by atoms with Gasteiger partial charge in [-0.3, -0.25) is 0 Å². The molecule has 0 saturated carbocycles. The average Bonchev–Trinajstić information content (AvgIpc) is 2.26. The largest absolute Gasteiger partial charge is 0.393 e. The highest BCUT2D eigenvalue weighted by Gasteiger charge is 2.51. The molecule has 0 aromatic carbocycles. The Morgan fingerprint density at radius 1 is 1.38 bits per heavy atom. The summed E-state index contributed by atoms with van der Waals surface area (Å²) < 4.78 is 5.59. The maximum atomic E-state index is 9.54. The Morgan fingerprint density at radius 2 is 1.92 bits per heavy atom. The number of hydrogen-bond acceptors (Lipinski definition) is 3. The van der Waals surface area contributed by atoms with E-state index in [1.54, 1.807) is 6.92 Å². The molecule has 1 aliphatic heterocycles. The molecule has 3 unspecified atom stereocenters. The first-order valence-corrected chi connectivity index (χ1v) is 4.92. The van der Waals surface area contributed by atoms with Crippen LogP contribution in [0, 0.1) is 5.92 Å². The maximum absolute atomic E-state index is 9.54. The van der Waals surface area contributed by atoms with Crippen molar-refractivity contribution in [1.82, 2.24) is 0 Å². The van der Waals surface area contributed by atoms with Crippen LogP contribution in [0.25, 0.3) is 0 Å². The van der Waals surface area contributed by atoms with Crippen LogP contribution < -0.4 is 5.73 Å². The fraction of sp³-hybridized carbons (Fsp3) is 1.00. The molecule has 1 fully saturated rings. The molecule has 78 valence electrons. The summed E-state index contributed by atoms with van der Waals surface area (Å²) in [6.45, 7) is 8.47. The van der Waals surface area contributed by atoms with E-state index in [0.717, 1.165) is 6.42 Å². The number of aliphatic hydroxyl groups is 1. The van der Waals surface area contributed by atoms with E-state index in [9.17, 15) is 5.11 Å². The fourth-order valence-electron chi connectivity index (χ4n) is 2.12. The van der Waals surface area contributed by atoms with Gasteiger partial charge in [0.15, 0.2) is 0 Å². The predicted octanol–water partition coefficient (Wildman–Crippen LogP) is 0.900. The number of ether oxygens (including phenoxy) is 1. The molecule has 3 nitrogen and oxygen atoms in total. The number of hydrogen-bond donors (Lipinski definition) is 2. The molecule has 0 radical (unpaired) electrons. The number of rotatable bonds is 2. The van der Waals surface area contributed by atoms with E-state index < -0.39 is 5.54 Å². The van der Waals surface area contributed by atoms with Crippen molar-refractivity contribution in [3.8, 4) is 0 Å². The minimum Gasteiger partial charge on any atom is -0.393 e. The van der Waals surface area contributed by atoms with Gasteiger partial charge in [-0.05, 0) is 27.2 Å². The molecule has 0 aliphatic carbocycles. The molecule has 0 amide bonds. The van der Waals surface area contributed by atoms with Crippen molar-refractivity contribution in [3.63, 3.8) is 0 Å². The third-order valence-electron chi connectivity index (χ3n) is 3.64. The SMILES string of the molecule is CC(O)C(C)C1(N)CCOC1(C)C. The quantitative estimate of drug-likeness (QED) is 0.675. The Labute approximate surface area is 80.3 Å². The zero-order valence-corrected chi connectivity index (χ0v) is 9.00. The second-order valence-corrected chi connectivity index (χ2v) is 4.68. The van der Waals surface area contributed by atoms with Crippen LogP contribution in [0.3, 0.4) is 0 Å². The van der Waals surface area contributed by atoms with Gasteiger partial charge < -0.3 is 15.6 Å². The van der Waals surface area contributed by atoms with Crippen LogP contribution in [0.2, 0.25) is 0 Å². The normalized spacial score (nSPS) is 37.4. The summed E-state index contributed by atoms with van der Waals surface area (Å²) in [5, 5.41) is 9.54. The van der Waals surface area contributed by atoms with Gasteiger partial charge in [-0.1, -0.05) is 6.92 Å². The highest BCUT2D eigenvalue weighted by Crippen LogP contribution is 2.40. The summed E-state index contributed by atoms with van der Waals surface area (Å²) >= 11 is 0. The molecule has 3 heteroatoms. The lowest BCUT2D eigenvalue weighted by Crippen LogP contribution is -2.60. The summed E-state index contributed by atoms with van der Waals surface area (Å²) in [7, 11) is 0. The van der Waals surface area contributed by atoms with Crippen molar-refractivity contribution < 1.29 is 9.84 Å². The van der Waals surface area contributed by atoms with Crippen LogP contribution in [0.4, 0.5) is 0 Å². The Bertz CT molecular complexity index is 191. The molecule has 1 saturated heterocycles. The Hall–Kier alpha value is -0.120. The monoisotopic (exact) mass is 187 g/mol. The molecule has 0 spiro atoms. The van der Waals surface area contributed by atoms with Gasteiger partial charge in [-0.2, -0.15) is 0 Å². The third-order valence-corrected chi connectivity index (χ3v) is 3.64. The molecule has 3 atom stereocenters. The van der Waals surface area contributed by atoms with Crippen molar-refractivity contribution in [1.29, 1.82) is 0 Å². The Kier molecular flexibility index (Phi) is 2.72. The predicted molar refractivity (Wildman–Crippen MR) is 52.4 cm³/mol. The summed E-state index contributed by atoms with van der Waals surface area (Å²) in [4.78, 5) is 0. The summed E-state index contributed by atoms with van der Waals surface area (Å²) in [6, 6.07) is 0. The molecule has 0 aromatic rings. The standard InChI is InChI=1S/C10H21NO2/c1-7(8(2)12)10(11)5-6-13-9(10,3)4/h7-8,12H,5-6,11H2,1-4H3. The first-order valence-electron chi connectivity index (χ1n) is 4.92. The second-order valence-electron chi connectivity index (χ2n) is 4.68.